The van der Waals surface area contributed by atoms with Gasteiger partial charge in [-0.25, -0.2) is 9.59 Å². The van der Waals surface area contributed by atoms with Crippen molar-refractivity contribution in [2.24, 2.45) is 29.6 Å². The van der Waals surface area contributed by atoms with Crippen LogP contribution in [-0.4, -0.2) is 296 Å². The predicted molar refractivity (Wildman–Crippen MR) is 385 cm³/mol. The zero-order valence-corrected chi connectivity index (χ0v) is 64.0. The maximum absolute atomic E-state index is 15.0. The summed E-state index contributed by atoms with van der Waals surface area (Å²) in [4.78, 5) is 153. The summed E-state index contributed by atoms with van der Waals surface area (Å²) in [5.41, 5.74) is 1.00. The van der Waals surface area contributed by atoms with E-state index in [1.807, 2.05) is 13.8 Å². The SMILES string of the molecule is [3H]C(CC(=O)O)C(=O)NCC(=O)N[C@H](C(=O)N[C@@H](CO[C@@H]1O[C@H](CO)[C@@H](O)[C@H](O)[C@H]1O)C(=O)Nc1ccc(COC(=O)N(C)[C@H](C(=O)N[C@H](C(=O)N(C)[C@@H]([C@@H](C)CC)[C@@H](CC(=O)N2CCC[C@H]2[C@H](OC)[C@@H](C)C(=O)N[C@H](C)[C@@H](O[C@@H]2O[C@H](C(=O)O)[C@@H](O)[C@H](O)[C@H]2O)c2ccccc2)OC)C(C)C)C(C)C)cc1)C(C)C. The number of rotatable bonds is 40. The Balaban J connectivity index is 1.24. The second kappa shape index (κ2) is 42.9. The molecule has 36 nitrogen and oxygen atoms in total. The molecule has 0 saturated carbocycles. The number of likely N-dealkylation sites (tertiary alicyclic amines) is 1. The lowest BCUT2D eigenvalue weighted by Gasteiger charge is -2.41. The number of carboxylic acid groups (broad SMARTS) is 2. The number of carbonyl (C=O) groups is 11. The van der Waals surface area contributed by atoms with E-state index in [9.17, 15) is 93.6 Å². The number of hydrogen-bond donors (Lipinski definition) is 15. The van der Waals surface area contributed by atoms with Gasteiger partial charge in [-0.3, -0.25) is 48.1 Å². The Morgan fingerprint density at radius 1 is 0.679 bits per heavy atom. The van der Waals surface area contributed by atoms with Crippen LogP contribution in [0.1, 0.15) is 126 Å². The molecule has 3 aliphatic rings. The van der Waals surface area contributed by atoms with Gasteiger partial charge in [0.15, 0.2) is 18.7 Å². The Bertz CT molecular complexity index is 3380. The number of benzene rings is 2. The quantitative estimate of drug-likeness (QED) is 0.0375. The minimum atomic E-state index is -1.97. The highest BCUT2D eigenvalue weighted by atomic mass is 16.7. The summed E-state index contributed by atoms with van der Waals surface area (Å²) in [7, 11) is 5.78. The van der Waals surface area contributed by atoms with Crippen LogP contribution in [0.25, 0.3) is 0 Å². The first kappa shape index (κ1) is 89.8. The lowest BCUT2D eigenvalue weighted by molar-refractivity contribution is -0.307. The lowest BCUT2D eigenvalue weighted by atomic mass is 9.89. The number of ether oxygens (including phenoxy) is 7. The molecule has 23 atom stereocenters. The van der Waals surface area contributed by atoms with Gasteiger partial charge in [-0.15, -0.1) is 0 Å². The first-order chi connectivity index (χ1) is 51.7. The summed E-state index contributed by atoms with van der Waals surface area (Å²) in [6, 6.07) is 6.61. The van der Waals surface area contributed by atoms with E-state index in [2.05, 4.69) is 31.9 Å². The maximum atomic E-state index is 15.0. The predicted octanol–water partition coefficient (Wildman–Crippen LogP) is -1.14. The molecule has 0 radical (unpaired) electrons. The molecule has 3 fully saturated rings. The first-order valence-corrected chi connectivity index (χ1v) is 36.3. The first-order valence-electron chi connectivity index (χ1n) is 36.9. The number of hydrogen-bond acceptors (Lipinski definition) is 25. The smallest absolute Gasteiger partial charge is 0.410 e. The number of carbonyl (C=O) groups excluding carboxylic acids is 9. The van der Waals surface area contributed by atoms with Crippen molar-refractivity contribution in [3.63, 3.8) is 0 Å². The second-order valence-corrected chi connectivity index (χ2v) is 28.8. The molecule has 15 N–H and O–H groups in total. The number of likely N-dealkylation sites (N-methyl/N-ethyl adjacent to an activating group) is 2. The van der Waals surface area contributed by atoms with Gasteiger partial charge in [0.2, 0.25) is 47.3 Å². The monoisotopic (exact) mass is 1550 g/mol. The Morgan fingerprint density at radius 3 is 1.87 bits per heavy atom. The van der Waals surface area contributed by atoms with Crippen molar-refractivity contribution in [2.75, 3.05) is 59.9 Å². The molecule has 0 aliphatic carbocycles. The fraction of sp³-hybridized carbons (Fsp3) is 0.685. The fourth-order valence-electron chi connectivity index (χ4n) is 13.4. The van der Waals surface area contributed by atoms with Gasteiger partial charge in [-0.05, 0) is 66.7 Å². The number of methoxy groups -OCH3 is 2. The van der Waals surface area contributed by atoms with Gasteiger partial charge < -0.3 is 121 Å². The topological polar surface area (TPSA) is 516 Å². The van der Waals surface area contributed by atoms with E-state index in [1.54, 1.807) is 97.7 Å². The second-order valence-electron chi connectivity index (χ2n) is 28.8. The number of anilines is 1. The van der Waals surface area contributed by atoms with E-state index in [0.717, 1.165) is 4.90 Å². The number of nitrogens with zero attached hydrogens (tertiary/aromatic N) is 3. The van der Waals surface area contributed by atoms with Crippen molar-refractivity contribution in [1.82, 2.24) is 41.3 Å². The Kier molecular flexibility index (Phi) is 35.3. The van der Waals surface area contributed by atoms with E-state index in [4.69, 9.17) is 39.6 Å². The number of amides is 9. The Hall–Kier alpha value is -8.11. The normalized spacial score (nSPS) is 24.9. The molecule has 109 heavy (non-hydrogen) atoms. The molecule has 5 rings (SSSR count). The van der Waals surface area contributed by atoms with Crippen molar-refractivity contribution in [3.05, 3.63) is 65.7 Å². The molecular formula is C73H113N9O27. The van der Waals surface area contributed by atoms with Gasteiger partial charge >= 0.3 is 18.0 Å². The van der Waals surface area contributed by atoms with Gasteiger partial charge in [0.05, 0.1) is 68.9 Å². The van der Waals surface area contributed by atoms with Crippen molar-refractivity contribution in [3.8, 4) is 0 Å². The number of aliphatic hydroxyl groups excluding tert-OH is 7. The van der Waals surface area contributed by atoms with Crippen LogP contribution in [0.4, 0.5) is 10.5 Å². The van der Waals surface area contributed by atoms with Crippen LogP contribution >= 0.6 is 0 Å². The van der Waals surface area contributed by atoms with Gasteiger partial charge in [-0.1, -0.05) is 111 Å². The van der Waals surface area contributed by atoms with Gasteiger partial charge in [0.1, 0.15) is 79.6 Å². The van der Waals surface area contributed by atoms with Crippen LogP contribution in [0.15, 0.2) is 54.6 Å². The van der Waals surface area contributed by atoms with E-state index in [0.29, 0.717) is 36.9 Å². The number of aliphatic carboxylic acids is 2. The third kappa shape index (κ3) is 24.9. The highest BCUT2D eigenvalue weighted by molar-refractivity contribution is 5.99. The van der Waals surface area contributed by atoms with Gasteiger partial charge in [-0.2, -0.15) is 0 Å². The van der Waals surface area contributed by atoms with Crippen molar-refractivity contribution >= 4 is 71.0 Å². The van der Waals surface area contributed by atoms with Crippen molar-refractivity contribution in [1.29, 1.82) is 0 Å². The molecule has 3 aliphatic heterocycles. The molecule has 2 aromatic rings. The summed E-state index contributed by atoms with van der Waals surface area (Å²) >= 11 is 0. The third-order valence-electron chi connectivity index (χ3n) is 19.8. The zero-order valence-electron chi connectivity index (χ0n) is 65.0. The molecule has 612 valence electrons. The summed E-state index contributed by atoms with van der Waals surface area (Å²) in [5, 5.41) is 107. The number of aliphatic hydroxyl groups is 7. The molecule has 3 heterocycles. The third-order valence-corrected chi connectivity index (χ3v) is 19.8. The number of carboxylic acids is 2. The van der Waals surface area contributed by atoms with E-state index < -0.39 is 238 Å². The minimum Gasteiger partial charge on any atom is -0.481 e. The van der Waals surface area contributed by atoms with E-state index >= 15 is 0 Å². The largest absolute Gasteiger partial charge is 0.481 e. The summed E-state index contributed by atoms with van der Waals surface area (Å²) in [6.45, 7) is 14.6. The van der Waals surface area contributed by atoms with Crippen LogP contribution in [0.5, 0.6) is 0 Å². The molecule has 36 heteroatoms. The average Bonchev–Trinajstić information content (AvgIpc) is 1.08. The minimum absolute atomic E-state index is 0.120. The average molecular weight is 1550 g/mol. The molecule has 3 saturated heterocycles. The van der Waals surface area contributed by atoms with E-state index in [-0.39, 0.29) is 30.5 Å². The van der Waals surface area contributed by atoms with Crippen LogP contribution in [0.3, 0.4) is 0 Å². The van der Waals surface area contributed by atoms with Crippen molar-refractivity contribution < 1.29 is 133 Å². The molecule has 0 aromatic heterocycles. The molecule has 0 spiro atoms. The van der Waals surface area contributed by atoms with Crippen LogP contribution in [0.2, 0.25) is 0 Å². The lowest BCUT2D eigenvalue weighted by Crippen LogP contribution is -2.61. The van der Waals surface area contributed by atoms with E-state index in [1.165, 1.54) is 50.4 Å². The molecule has 9 amide bonds. The summed E-state index contributed by atoms with van der Waals surface area (Å²) in [5.74, 6) is -11.9. The van der Waals surface area contributed by atoms with Gasteiger partial charge in [0, 0.05) is 48.3 Å². The Labute approximate surface area is 634 Å². The molecule has 1 unspecified atom stereocenters. The highest BCUT2D eigenvalue weighted by Crippen LogP contribution is 2.34. The summed E-state index contributed by atoms with van der Waals surface area (Å²) < 4.78 is 48.1. The fourth-order valence-corrected chi connectivity index (χ4v) is 13.4. The van der Waals surface area contributed by atoms with Crippen LogP contribution < -0.4 is 31.9 Å². The van der Waals surface area contributed by atoms with Crippen LogP contribution in [-0.2, 0) is 87.7 Å². The van der Waals surface area contributed by atoms with Gasteiger partial charge in [0.25, 0.3) is 0 Å². The maximum Gasteiger partial charge on any atom is 0.410 e. The summed E-state index contributed by atoms with van der Waals surface area (Å²) in [6.07, 6.45) is -23.2. The van der Waals surface area contributed by atoms with Crippen LogP contribution in [0, 0.1) is 29.6 Å². The molecule has 0 bridgehead atoms. The zero-order chi connectivity index (χ0) is 82.5. The molecule has 2 aromatic carbocycles. The Morgan fingerprint density at radius 2 is 1.30 bits per heavy atom. The van der Waals surface area contributed by atoms with Crippen molar-refractivity contribution in [2.45, 2.75) is 236 Å². The molecular weight excluding hydrogens is 1430 g/mol. The highest BCUT2D eigenvalue weighted by Gasteiger charge is 2.50. The number of nitrogens with one attached hydrogen (secondary N) is 6. The standard InChI is InChI=1S/C73H113N9O27/c1-15-38(8)55(46(103-13)30-50(86)82-29-19-22-45(82)62(104-14)39(9)65(95)75-40(10)63(42-20-17-16-18-21-42)108-72-61(94)58(91)59(92)64(109-72)70(100)101)80(11)69(99)53(36(4)5)79-68(98)54(37(6)7)81(12)73(102)106-33-41-23-25-43(26-24-41)76-66(96)44(34-105-71-60(93)57(90)56(89)47(32-83)107-71)77-67(97)52(35(2)3)78-49(85)31-74-48(84)27-28-51(87)88/h16-18,20-21,23-26,35-40,44-47,52-64,71-72,83,89-94H,15,19,22,27-34H2,1-14H3,(H,74,84)(H,75,95)(H,76,96)(H,77,97)(H,78,85)(H,79,98)(H,87,88)(H,100,101)/t38-,39+,40+,44-,45-,46+,47+,52-,53-,54-,55-,56+,57-,58-,59-,60+,61+,62+,63+,64-,71+,72+/m0/s1/i27T/t27?,38-,39+,40+,44-,45-,46+,47+,52-,53-,54-,55-,56+,57-,58-,59-,60+,61+,62+,63+,64-,71+,72+.